The number of nitrogens with zero attached hydrogens (tertiary/aromatic N) is 1. The van der Waals surface area contributed by atoms with E-state index in [1.165, 1.54) is 11.3 Å². The van der Waals surface area contributed by atoms with E-state index in [-0.39, 0.29) is 5.54 Å². The summed E-state index contributed by atoms with van der Waals surface area (Å²) < 4.78 is 0. The highest BCUT2D eigenvalue weighted by atomic mass is 15.3. The molecule has 1 N–H and O–H groups in total. The minimum Gasteiger partial charge on any atom is -0.361 e. The van der Waals surface area contributed by atoms with Gasteiger partial charge < -0.3 is 10.2 Å². The molecule has 2 nitrogen and oxygen atoms in total. The lowest BCUT2D eigenvalue weighted by molar-refractivity contribution is 0.334. The molecule has 1 aliphatic heterocycles. The summed E-state index contributed by atoms with van der Waals surface area (Å²) >= 11 is 0. The summed E-state index contributed by atoms with van der Waals surface area (Å²) in [5.74, 6) is 0. The first-order chi connectivity index (χ1) is 7.50. The molecule has 1 heterocycles. The minimum atomic E-state index is 0.186. The van der Waals surface area contributed by atoms with Gasteiger partial charge in [-0.2, -0.15) is 0 Å². The number of hydrogen-bond acceptors (Lipinski definition) is 2. The van der Waals surface area contributed by atoms with Crippen LogP contribution in [0.4, 0.5) is 5.69 Å². The molecule has 0 saturated carbocycles. The first-order valence-electron chi connectivity index (χ1n) is 6.07. The monoisotopic (exact) mass is 218 g/mol. The molecule has 1 aliphatic rings. The third kappa shape index (κ3) is 2.07. The maximum Gasteiger partial charge on any atom is 0.0473 e. The number of piperazine rings is 1. The van der Waals surface area contributed by atoms with Crippen LogP contribution in [0.15, 0.2) is 24.3 Å². The van der Waals surface area contributed by atoms with E-state index in [1.807, 2.05) is 0 Å². The topological polar surface area (TPSA) is 15.3 Å². The fourth-order valence-electron chi connectivity index (χ4n) is 2.74. The Morgan fingerprint density at radius 3 is 2.75 bits per heavy atom. The van der Waals surface area contributed by atoms with Crippen molar-refractivity contribution >= 4 is 5.69 Å². The molecule has 0 spiro atoms. The van der Waals surface area contributed by atoms with Gasteiger partial charge in [0.15, 0.2) is 0 Å². The van der Waals surface area contributed by atoms with E-state index in [1.54, 1.807) is 0 Å². The number of aryl methyl sites for hydroxylation is 1. The number of rotatable bonds is 1. The summed E-state index contributed by atoms with van der Waals surface area (Å²) in [6.07, 6.45) is 0. The van der Waals surface area contributed by atoms with Gasteiger partial charge in [-0.3, -0.25) is 0 Å². The quantitative estimate of drug-likeness (QED) is 0.779. The molecule has 1 aromatic rings. The fraction of sp³-hybridized carbons (Fsp3) is 0.571. The highest BCUT2D eigenvalue weighted by Crippen LogP contribution is 2.28. The Hall–Kier alpha value is -1.02. The molecular formula is C14H22N2. The molecule has 1 unspecified atom stereocenters. The van der Waals surface area contributed by atoms with E-state index < -0.39 is 0 Å². The summed E-state index contributed by atoms with van der Waals surface area (Å²) in [6.45, 7) is 11.2. The molecular weight excluding hydrogens is 196 g/mol. The molecule has 0 amide bonds. The van der Waals surface area contributed by atoms with Crippen LogP contribution < -0.4 is 10.2 Å². The van der Waals surface area contributed by atoms with Crippen molar-refractivity contribution in [3.63, 3.8) is 0 Å². The molecule has 0 aromatic heterocycles. The van der Waals surface area contributed by atoms with Crippen molar-refractivity contribution in [3.05, 3.63) is 29.8 Å². The zero-order chi connectivity index (χ0) is 11.8. The largest absolute Gasteiger partial charge is 0.361 e. The van der Waals surface area contributed by atoms with Crippen LogP contribution in [0.3, 0.4) is 0 Å². The first-order valence-corrected chi connectivity index (χ1v) is 6.07. The molecule has 1 atom stereocenters. The van der Waals surface area contributed by atoms with Gasteiger partial charge in [0.1, 0.15) is 0 Å². The Bertz CT molecular complexity index is 371. The average molecular weight is 218 g/mol. The molecule has 0 bridgehead atoms. The average Bonchev–Trinajstić information content (AvgIpc) is 2.15. The van der Waals surface area contributed by atoms with Crippen molar-refractivity contribution in [2.24, 2.45) is 0 Å². The van der Waals surface area contributed by atoms with Crippen molar-refractivity contribution < 1.29 is 0 Å². The van der Waals surface area contributed by atoms with E-state index in [0.29, 0.717) is 6.04 Å². The standard InChI is InChI=1S/C14H22N2/c1-11-6-5-7-13(8-11)16-12(2)9-15-10-14(16,3)4/h5-8,12,15H,9-10H2,1-4H3. The third-order valence-electron chi connectivity index (χ3n) is 3.37. The Balaban J connectivity index is 2.36. The van der Waals surface area contributed by atoms with Crippen LogP contribution in [-0.2, 0) is 0 Å². The van der Waals surface area contributed by atoms with Crippen molar-refractivity contribution in [1.82, 2.24) is 5.32 Å². The van der Waals surface area contributed by atoms with E-state index >= 15 is 0 Å². The zero-order valence-corrected chi connectivity index (χ0v) is 10.7. The highest BCUT2D eigenvalue weighted by molar-refractivity contribution is 5.52. The number of nitrogens with one attached hydrogen (secondary N) is 1. The molecule has 2 heteroatoms. The van der Waals surface area contributed by atoms with Gasteiger partial charge in [0.2, 0.25) is 0 Å². The third-order valence-corrected chi connectivity index (χ3v) is 3.37. The van der Waals surface area contributed by atoms with Crippen molar-refractivity contribution in [2.45, 2.75) is 39.3 Å². The lowest BCUT2D eigenvalue weighted by Gasteiger charge is -2.48. The predicted molar refractivity (Wildman–Crippen MR) is 70.1 cm³/mol. The Morgan fingerprint density at radius 1 is 1.38 bits per heavy atom. The maximum absolute atomic E-state index is 3.50. The van der Waals surface area contributed by atoms with Crippen LogP contribution in [0.5, 0.6) is 0 Å². The Morgan fingerprint density at radius 2 is 2.12 bits per heavy atom. The Labute approximate surface area is 98.7 Å². The van der Waals surface area contributed by atoms with Gasteiger partial charge in [-0.15, -0.1) is 0 Å². The van der Waals surface area contributed by atoms with Crippen molar-refractivity contribution in [1.29, 1.82) is 0 Å². The number of benzene rings is 1. The smallest absolute Gasteiger partial charge is 0.0473 e. The van der Waals surface area contributed by atoms with Crippen molar-refractivity contribution in [3.8, 4) is 0 Å². The van der Waals surface area contributed by atoms with Crippen LogP contribution in [0.25, 0.3) is 0 Å². The Kier molecular flexibility index (Phi) is 2.94. The second kappa shape index (κ2) is 4.10. The van der Waals surface area contributed by atoms with Gasteiger partial charge in [0.25, 0.3) is 0 Å². The highest BCUT2D eigenvalue weighted by Gasteiger charge is 2.33. The van der Waals surface area contributed by atoms with Crippen LogP contribution >= 0.6 is 0 Å². The summed E-state index contributed by atoms with van der Waals surface area (Å²) in [5, 5.41) is 3.50. The second-order valence-corrected chi connectivity index (χ2v) is 5.50. The second-order valence-electron chi connectivity index (χ2n) is 5.50. The predicted octanol–water partition coefficient (Wildman–Crippen LogP) is 2.57. The lowest BCUT2D eigenvalue weighted by atomic mass is 9.95. The molecule has 0 radical (unpaired) electrons. The first kappa shape index (κ1) is 11.5. The molecule has 1 aromatic carbocycles. The molecule has 1 saturated heterocycles. The summed E-state index contributed by atoms with van der Waals surface area (Å²) in [7, 11) is 0. The fourth-order valence-corrected chi connectivity index (χ4v) is 2.74. The van der Waals surface area contributed by atoms with Gasteiger partial charge in [-0.1, -0.05) is 12.1 Å². The SMILES string of the molecule is Cc1cccc(N2C(C)CNCC2(C)C)c1. The maximum atomic E-state index is 3.50. The molecule has 2 rings (SSSR count). The van der Waals surface area contributed by atoms with Gasteiger partial charge in [-0.05, 0) is 45.4 Å². The van der Waals surface area contributed by atoms with E-state index in [4.69, 9.17) is 0 Å². The zero-order valence-electron chi connectivity index (χ0n) is 10.7. The number of anilines is 1. The number of hydrogen-bond donors (Lipinski definition) is 1. The molecule has 0 aliphatic carbocycles. The van der Waals surface area contributed by atoms with Crippen LogP contribution in [0.1, 0.15) is 26.3 Å². The van der Waals surface area contributed by atoms with Gasteiger partial charge >= 0.3 is 0 Å². The van der Waals surface area contributed by atoms with Gasteiger partial charge in [0, 0.05) is 30.4 Å². The summed E-state index contributed by atoms with van der Waals surface area (Å²) in [4.78, 5) is 2.54. The van der Waals surface area contributed by atoms with Crippen LogP contribution in [0, 0.1) is 6.92 Å². The van der Waals surface area contributed by atoms with E-state index in [9.17, 15) is 0 Å². The molecule has 1 fully saturated rings. The van der Waals surface area contributed by atoms with Gasteiger partial charge in [-0.25, -0.2) is 0 Å². The van der Waals surface area contributed by atoms with E-state index in [2.05, 4.69) is 62.2 Å². The van der Waals surface area contributed by atoms with Crippen LogP contribution in [-0.4, -0.2) is 24.7 Å². The van der Waals surface area contributed by atoms with Crippen molar-refractivity contribution in [2.75, 3.05) is 18.0 Å². The van der Waals surface area contributed by atoms with E-state index in [0.717, 1.165) is 13.1 Å². The minimum absolute atomic E-state index is 0.186. The summed E-state index contributed by atoms with van der Waals surface area (Å²) in [5.41, 5.74) is 2.86. The molecule has 88 valence electrons. The normalized spacial score (nSPS) is 24.5. The molecule has 16 heavy (non-hydrogen) atoms. The van der Waals surface area contributed by atoms with Crippen LogP contribution in [0.2, 0.25) is 0 Å². The van der Waals surface area contributed by atoms with Gasteiger partial charge in [0.05, 0.1) is 0 Å². The summed E-state index contributed by atoms with van der Waals surface area (Å²) in [6, 6.07) is 9.35. The lowest BCUT2D eigenvalue weighted by Crippen LogP contribution is -2.62.